The van der Waals surface area contributed by atoms with E-state index in [1.807, 2.05) is 17.0 Å². The van der Waals surface area contributed by atoms with Gasteiger partial charge in [0.2, 0.25) is 0 Å². The molecule has 25 heavy (non-hydrogen) atoms. The van der Waals surface area contributed by atoms with Crippen LogP contribution in [0.2, 0.25) is 0 Å². The molecule has 2 aliphatic rings. The van der Waals surface area contributed by atoms with E-state index >= 15 is 0 Å². The number of amides is 1. The summed E-state index contributed by atoms with van der Waals surface area (Å²) in [5.74, 6) is 1.59. The van der Waals surface area contributed by atoms with Crippen LogP contribution in [0.15, 0.2) is 24.3 Å². The zero-order valence-corrected chi connectivity index (χ0v) is 15.4. The second kappa shape index (κ2) is 8.68. The zero-order chi connectivity index (χ0) is 17.6. The molecule has 2 saturated heterocycles. The van der Waals surface area contributed by atoms with E-state index in [2.05, 4.69) is 24.0 Å². The summed E-state index contributed by atoms with van der Waals surface area (Å²) in [6.45, 7) is 7.12. The maximum absolute atomic E-state index is 12.2. The molecule has 0 bridgehead atoms. The molecule has 3 rings (SSSR count). The fourth-order valence-electron chi connectivity index (χ4n) is 3.58. The molecule has 1 aromatic rings. The normalized spacial score (nSPS) is 22.3. The Balaban J connectivity index is 1.42. The first kappa shape index (κ1) is 18.2. The van der Waals surface area contributed by atoms with Crippen molar-refractivity contribution in [3.8, 4) is 5.75 Å². The van der Waals surface area contributed by atoms with E-state index in [4.69, 9.17) is 9.47 Å². The Morgan fingerprint density at radius 2 is 1.84 bits per heavy atom. The van der Waals surface area contributed by atoms with E-state index in [-0.39, 0.29) is 12.5 Å². The van der Waals surface area contributed by atoms with Crippen LogP contribution in [0.1, 0.15) is 31.7 Å². The van der Waals surface area contributed by atoms with E-state index in [0.717, 1.165) is 63.7 Å². The van der Waals surface area contributed by atoms with Gasteiger partial charge >= 0.3 is 0 Å². The van der Waals surface area contributed by atoms with Crippen LogP contribution in [0.5, 0.6) is 5.75 Å². The zero-order valence-electron chi connectivity index (χ0n) is 15.4. The van der Waals surface area contributed by atoms with Crippen molar-refractivity contribution in [2.75, 3.05) is 39.9 Å². The summed E-state index contributed by atoms with van der Waals surface area (Å²) in [6, 6.07) is 8.10. The molecule has 0 radical (unpaired) electrons. The first-order valence-corrected chi connectivity index (χ1v) is 9.38. The summed E-state index contributed by atoms with van der Waals surface area (Å²) in [4.78, 5) is 16.5. The minimum absolute atomic E-state index is 0.0960. The Kier molecular flexibility index (Phi) is 6.32. The first-order chi connectivity index (χ1) is 12.1. The van der Waals surface area contributed by atoms with Crippen molar-refractivity contribution in [2.45, 2.75) is 38.8 Å². The molecule has 0 aromatic heterocycles. The van der Waals surface area contributed by atoms with E-state index in [1.165, 1.54) is 5.56 Å². The van der Waals surface area contributed by atoms with Gasteiger partial charge in [0.25, 0.3) is 5.91 Å². The molecule has 1 amide bonds. The van der Waals surface area contributed by atoms with Crippen LogP contribution in [0.25, 0.3) is 0 Å². The number of piperidine rings is 1. The predicted octanol–water partition coefficient (Wildman–Crippen LogP) is 2.54. The Labute approximate surface area is 150 Å². The summed E-state index contributed by atoms with van der Waals surface area (Å²) in [7, 11) is 1.78. The Bertz CT molecular complexity index is 553. The Hall–Kier alpha value is -1.59. The van der Waals surface area contributed by atoms with Gasteiger partial charge in [-0.25, -0.2) is 0 Å². The van der Waals surface area contributed by atoms with Crippen molar-refractivity contribution >= 4 is 5.91 Å². The van der Waals surface area contributed by atoms with Crippen molar-refractivity contribution in [3.63, 3.8) is 0 Å². The highest BCUT2D eigenvalue weighted by Gasteiger charge is 2.22. The van der Waals surface area contributed by atoms with Crippen LogP contribution in [0, 0.1) is 5.92 Å². The molecule has 2 heterocycles. The van der Waals surface area contributed by atoms with Crippen molar-refractivity contribution in [1.29, 1.82) is 0 Å². The number of likely N-dealkylation sites (tertiary alicyclic amines) is 2. The van der Waals surface area contributed by atoms with E-state index < -0.39 is 0 Å². The standard InChI is InChI=1S/C20H30N2O3/c1-16-7-11-22(12-8-16)20(23)15-25-18-5-3-17(4-6-18)13-21-10-9-19(14-21)24-2/h3-6,16,19H,7-15H2,1-2H3/t19-/m0/s1. The highest BCUT2D eigenvalue weighted by Crippen LogP contribution is 2.19. The van der Waals surface area contributed by atoms with Crippen LogP contribution >= 0.6 is 0 Å². The molecule has 0 spiro atoms. The van der Waals surface area contributed by atoms with Crippen molar-refractivity contribution in [2.24, 2.45) is 5.92 Å². The molecule has 5 nitrogen and oxygen atoms in total. The third-order valence-corrected chi connectivity index (χ3v) is 5.39. The van der Waals surface area contributed by atoms with Gasteiger partial charge in [-0.15, -0.1) is 0 Å². The van der Waals surface area contributed by atoms with Gasteiger partial charge < -0.3 is 14.4 Å². The number of rotatable bonds is 6. The molecule has 138 valence electrons. The van der Waals surface area contributed by atoms with Gasteiger partial charge in [0.15, 0.2) is 6.61 Å². The number of nitrogens with zero attached hydrogens (tertiary/aromatic N) is 2. The second-order valence-corrected chi connectivity index (χ2v) is 7.38. The van der Waals surface area contributed by atoms with Gasteiger partial charge in [0.05, 0.1) is 6.10 Å². The summed E-state index contributed by atoms with van der Waals surface area (Å²) < 4.78 is 11.1. The van der Waals surface area contributed by atoms with Crippen molar-refractivity contribution in [1.82, 2.24) is 9.80 Å². The average Bonchev–Trinajstić information content (AvgIpc) is 3.09. The predicted molar refractivity (Wildman–Crippen MR) is 97.6 cm³/mol. The van der Waals surface area contributed by atoms with E-state index in [1.54, 1.807) is 7.11 Å². The van der Waals surface area contributed by atoms with E-state index in [9.17, 15) is 4.79 Å². The number of carbonyl (C=O) groups is 1. The molecule has 2 aliphatic heterocycles. The monoisotopic (exact) mass is 346 g/mol. The second-order valence-electron chi connectivity index (χ2n) is 7.38. The largest absolute Gasteiger partial charge is 0.484 e. The number of benzene rings is 1. The van der Waals surface area contributed by atoms with Crippen molar-refractivity contribution < 1.29 is 14.3 Å². The maximum Gasteiger partial charge on any atom is 0.260 e. The highest BCUT2D eigenvalue weighted by atomic mass is 16.5. The minimum atomic E-state index is 0.0960. The van der Waals surface area contributed by atoms with Gasteiger partial charge in [-0.1, -0.05) is 19.1 Å². The molecule has 1 aromatic carbocycles. The van der Waals surface area contributed by atoms with E-state index in [0.29, 0.717) is 6.10 Å². The molecular formula is C20H30N2O3. The number of methoxy groups -OCH3 is 1. The number of hydrogen-bond acceptors (Lipinski definition) is 4. The lowest BCUT2D eigenvalue weighted by molar-refractivity contribution is -0.134. The lowest BCUT2D eigenvalue weighted by Crippen LogP contribution is -2.40. The van der Waals surface area contributed by atoms with Gasteiger partial charge in [0.1, 0.15) is 5.75 Å². The number of hydrogen-bond donors (Lipinski definition) is 0. The molecule has 5 heteroatoms. The fourth-order valence-corrected chi connectivity index (χ4v) is 3.58. The molecule has 0 saturated carbocycles. The third-order valence-electron chi connectivity index (χ3n) is 5.39. The minimum Gasteiger partial charge on any atom is -0.484 e. The van der Waals surface area contributed by atoms with Crippen molar-refractivity contribution in [3.05, 3.63) is 29.8 Å². The fraction of sp³-hybridized carbons (Fsp3) is 0.650. The third kappa shape index (κ3) is 5.19. The van der Waals surface area contributed by atoms with Gasteiger partial charge in [-0.2, -0.15) is 0 Å². The Morgan fingerprint density at radius 1 is 1.12 bits per heavy atom. The molecule has 1 atom stereocenters. The van der Waals surface area contributed by atoms with Gasteiger partial charge in [0, 0.05) is 39.8 Å². The lowest BCUT2D eigenvalue weighted by atomic mass is 9.99. The SMILES string of the molecule is CO[C@H]1CCN(Cc2ccc(OCC(=O)N3CCC(C)CC3)cc2)C1. The van der Waals surface area contributed by atoms with Crippen LogP contribution in [0.4, 0.5) is 0 Å². The molecule has 0 N–H and O–H groups in total. The van der Waals surface area contributed by atoms with Crippen LogP contribution < -0.4 is 4.74 Å². The molecule has 0 aliphatic carbocycles. The summed E-state index contributed by atoms with van der Waals surface area (Å²) in [5, 5.41) is 0. The molecule has 2 fully saturated rings. The molecular weight excluding hydrogens is 316 g/mol. The topological polar surface area (TPSA) is 42.0 Å². The summed E-state index contributed by atoms with van der Waals surface area (Å²) in [5.41, 5.74) is 1.26. The summed E-state index contributed by atoms with van der Waals surface area (Å²) >= 11 is 0. The summed E-state index contributed by atoms with van der Waals surface area (Å²) in [6.07, 6.45) is 3.67. The van der Waals surface area contributed by atoms with Crippen LogP contribution in [0.3, 0.4) is 0 Å². The number of carbonyl (C=O) groups excluding carboxylic acids is 1. The maximum atomic E-state index is 12.2. The Morgan fingerprint density at radius 3 is 2.48 bits per heavy atom. The quantitative estimate of drug-likeness (QED) is 0.794. The molecule has 0 unspecified atom stereocenters. The average molecular weight is 346 g/mol. The van der Waals surface area contributed by atoms with Gasteiger partial charge in [-0.3, -0.25) is 9.69 Å². The first-order valence-electron chi connectivity index (χ1n) is 9.38. The highest BCUT2D eigenvalue weighted by molar-refractivity contribution is 5.77. The van der Waals surface area contributed by atoms with Gasteiger partial charge in [-0.05, 0) is 42.9 Å². The van der Waals surface area contributed by atoms with Crippen LogP contribution in [-0.4, -0.2) is 61.7 Å². The lowest BCUT2D eigenvalue weighted by Gasteiger charge is -2.30. The van der Waals surface area contributed by atoms with Crippen LogP contribution in [-0.2, 0) is 16.1 Å². The number of ether oxygens (including phenoxy) is 2. The smallest absolute Gasteiger partial charge is 0.260 e.